The standard InChI is InChI=1S/C24H30O6/c1-2-3-7-11-24(27-13-14-28-24)12-10-18-19-15-22(25)29-21(19)16-20(18)30-23(26)17-8-5-4-6-9-17/h4-6,8-10,12,18-21H,2-3,7,11,13-16H2,1H3/b12-10+/t18-,19-,20-,21+/m1/s1. The SMILES string of the molecule is CCCCCC1(/C=C/[C@@H]2[C@H]3CC(=O)O[C@H]3C[C@H]2OC(=O)c2ccccc2)OCCO1. The number of hydrogen-bond donors (Lipinski definition) is 0. The van der Waals surface area contributed by atoms with Crippen LogP contribution in [0.1, 0.15) is 55.8 Å². The summed E-state index contributed by atoms with van der Waals surface area (Å²) in [5.41, 5.74) is 0.521. The van der Waals surface area contributed by atoms with Crippen LogP contribution in [-0.4, -0.2) is 43.1 Å². The van der Waals surface area contributed by atoms with Gasteiger partial charge in [-0.25, -0.2) is 4.79 Å². The third-order valence-electron chi connectivity index (χ3n) is 6.30. The topological polar surface area (TPSA) is 71.1 Å². The van der Waals surface area contributed by atoms with Crippen LogP contribution in [0.3, 0.4) is 0 Å². The van der Waals surface area contributed by atoms with Crippen molar-refractivity contribution in [1.29, 1.82) is 0 Å². The van der Waals surface area contributed by atoms with Crippen LogP contribution in [0.5, 0.6) is 0 Å². The molecule has 0 amide bonds. The third kappa shape index (κ3) is 4.60. The average molecular weight is 414 g/mol. The predicted octanol–water partition coefficient (Wildman–Crippen LogP) is 4.04. The normalized spacial score (nSPS) is 29.8. The Morgan fingerprint density at radius 1 is 1.20 bits per heavy atom. The molecule has 2 saturated heterocycles. The minimum Gasteiger partial charge on any atom is -0.462 e. The van der Waals surface area contributed by atoms with Crippen molar-refractivity contribution in [1.82, 2.24) is 0 Å². The van der Waals surface area contributed by atoms with Crippen LogP contribution >= 0.6 is 0 Å². The van der Waals surface area contributed by atoms with E-state index < -0.39 is 5.79 Å². The summed E-state index contributed by atoms with van der Waals surface area (Å²) in [6, 6.07) is 8.97. The molecule has 2 aliphatic heterocycles. The second-order valence-corrected chi connectivity index (χ2v) is 8.34. The van der Waals surface area contributed by atoms with Gasteiger partial charge in [0, 0.05) is 24.7 Å². The molecular formula is C24H30O6. The largest absolute Gasteiger partial charge is 0.462 e. The van der Waals surface area contributed by atoms with E-state index in [4.69, 9.17) is 18.9 Å². The molecule has 1 aromatic rings. The van der Waals surface area contributed by atoms with Crippen molar-refractivity contribution < 1.29 is 28.5 Å². The fourth-order valence-corrected chi connectivity index (χ4v) is 4.74. The molecule has 0 radical (unpaired) electrons. The Bertz CT molecular complexity index is 767. The summed E-state index contributed by atoms with van der Waals surface area (Å²) in [7, 11) is 0. The summed E-state index contributed by atoms with van der Waals surface area (Å²) in [6.07, 6.45) is 8.40. The van der Waals surface area contributed by atoms with Gasteiger partial charge < -0.3 is 18.9 Å². The summed E-state index contributed by atoms with van der Waals surface area (Å²) in [6.45, 7) is 3.31. The quantitative estimate of drug-likeness (QED) is 0.363. The molecular weight excluding hydrogens is 384 g/mol. The second-order valence-electron chi connectivity index (χ2n) is 8.34. The molecule has 0 unspecified atom stereocenters. The van der Waals surface area contributed by atoms with E-state index >= 15 is 0 Å². The second kappa shape index (κ2) is 9.31. The Hall–Kier alpha value is -2.18. The number of fused-ring (bicyclic) bond motifs is 1. The highest BCUT2D eigenvalue weighted by Gasteiger charge is 2.51. The first kappa shape index (κ1) is 21.1. The fourth-order valence-electron chi connectivity index (χ4n) is 4.74. The Balaban J connectivity index is 1.50. The van der Waals surface area contributed by atoms with Crippen LogP contribution in [-0.2, 0) is 23.7 Å². The molecule has 3 aliphatic rings. The van der Waals surface area contributed by atoms with Gasteiger partial charge in [-0.1, -0.05) is 44.0 Å². The molecule has 1 aliphatic carbocycles. The number of rotatable bonds is 8. The van der Waals surface area contributed by atoms with Crippen molar-refractivity contribution >= 4 is 11.9 Å². The van der Waals surface area contributed by atoms with Crippen LogP contribution in [0.15, 0.2) is 42.5 Å². The fraction of sp³-hybridized carbons (Fsp3) is 0.583. The molecule has 2 heterocycles. The molecule has 6 heteroatoms. The first-order chi connectivity index (χ1) is 14.6. The van der Waals surface area contributed by atoms with Crippen molar-refractivity contribution in [3.63, 3.8) is 0 Å². The van der Waals surface area contributed by atoms with Crippen molar-refractivity contribution in [3.05, 3.63) is 48.0 Å². The van der Waals surface area contributed by atoms with Gasteiger partial charge in [0.15, 0.2) is 5.79 Å². The molecule has 6 nitrogen and oxygen atoms in total. The van der Waals surface area contributed by atoms with Crippen LogP contribution in [0, 0.1) is 11.8 Å². The zero-order valence-corrected chi connectivity index (χ0v) is 17.5. The lowest BCUT2D eigenvalue weighted by molar-refractivity contribution is -0.141. The minimum atomic E-state index is -0.718. The van der Waals surface area contributed by atoms with Crippen LogP contribution in [0.25, 0.3) is 0 Å². The summed E-state index contributed by atoms with van der Waals surface area (Å²) in [4.78, 5) is 24.5. The number of carbonyl (C=O) groups excluding carboxylic acids is 2. The number of hydrogen-bond acceptors (Lipinski definition) is 6. The number of unbranched alkanes of at least 4 members (excludes halogenated alkanes) is 2. The summed E-state index contributed by atoms with van der Waals surface area (Å²) in [5, 5.41) is 0. The van der Waals surface area contributed by atoms with Crippen molar-refractivity contribution in [2.45, 2.75) is 63.4 Å². The Morgan fingerprint density at radius 3 is 2.70 bits per heavy atom. The minimum absolute atomic E-state index is 0.0106. The van der Waals surface area contributed by atoms with E-state index in [0.29, 0.717) is 31.6 Å². The lowest BCUT2D eigenvalue weighted by atomic mass is 9.90. The van der Waals surface area contributed by atoms with Gasteiger partial charge in [-0.15, -0.1) is 0 Å². The molecule has 4 atom stereocenters. The lowest BCUT2D eigenvalue weighted by Crippen LogP contribution is -2.29. The maximum absolute atomic E-state index is 12.6. The van der Waals surface area contributed by atoms with Crippen LogP contribution in [0.2, 0.25) is 0 Å². The summed E-state index contributed by atoms with van der Waals surface area (Å²) < 4.78 is 23.2. The molecule has 0 spiro atoms. The van der Waals surface area contributed by atoms with Crippen molar-refractivity contribution in [2.75, 3.05) is 13.2 Å². The van der Waals surface area contributed by atoms with Gasteiger partial charge in [0.1, 0.15) is 12.2 Å². The Labute approximate surface area is 177 Å². The molecule has 3 fully saturated rings. The van der Waals surface area contributed by atoms with Gasteiger partial charge >= 0.3 is 11.9 Å². The molecule has 4 rings (SSSR count). The van der Waals surface area contributed by atoms with Crippen molar-refractivity contribution in [2.24, 2.45) is 11.8 Å². The van der Waals surface area contributed by atoms with E-state index in [1.54, 1.807) is 12.1 Å². The van der Waals surface area contributed by atoms with E-state index in [-0.39, 0.29) is 36.0 Å². The Morgan fingerprint density at radius 2 is 1.97 bits per heavy atom. The van der Waals surface area contributed by atoms with E-state index in [9.17, 15) is 9.59 Å². The van der Waals surface area contributed by atoms with Crippen LogP contribution < -0.4 is 0 Å². The Kier molecular flexibility index (Phi) is 6.54. The van der Waals surface area contributed by atoms with Gasteiger partial charge in [0.25, 0.3) is 0 Å². The first-order valence-corrected chi connectivity index (χ1v) is 11.0. The van der Waals surface area contributed by atoms with Gasteiger partial charge in [-0.3, -0.25) is 4.79 Å². The molecule has 0 aromatic heterocycles. The molecule has 1 saturated carbocycles. The van der Waals surface area contributed by atoms with E-state index in [1.165, 1.54) is 0 Å². The third-order valence-corrected chi connectivity index (χ3v) is 6.30. The lowest BCUT2D eigenvalue weighted by Gasteiger charge is -2.26. The highest BCUT2D eigenvalue weighted by molar-refractivity contribution is 5.89. The van der Waals surface area contributed by atoms with Gasteiger partial charge in [-0.05, 0) is 24.6 Å². The van der Waals surface area contributed by atoms with Crippen LogP contribution in [0.4, 0.5) is 0 Å². The summed E-state index contributed by atoms with van der Waals surface area (Å²) >= 11 is 0. The number of benzene rings is 1. The van der Waals surface area contributed by atoms with Crippen molar-refractivity contribution in [3.8, 4) is 0 Å². The number of carbonyl (C=O) groups is 2. The van der Waals surface area contributed by atoms with E-state index in [1.807, 2.05) is 30.4 Å². The smallest absolute Gasteiger partial charge is 0.338 e. The van der Waals surface area contributed by atoms with Gasteiger partial charge in [0.2, 0.25) is 0 Å². The number of esters is 2. The molecule has 0 N–H and O–H groups in total. The highest BCUT2D eigenvalue weighted by Crippen LogP contribution is 2.44. The van der Waals surface area contributed by atoms with E-state index in [2.05, 4.69) is 6.92 Å². The zero-order valence-electron chi connectivity index (χ0n) is 17.5. The van der Waals surface area contributed by atoms with E-state index in [0.717, 1.165) is 25.7 Å². The van der Waals surface area contributed by atoms with Gasteiger partial charge in [0.05, 0.1) is 25.2 Å². The summed E-state index contributed by atoms with van der Waals surface area (Å²) in [5.74, 6) is -1.34. The zero-order chi connectivity index (χ0) is 21.0. The number of ether oxygens (including phenoxy) is 4. The average Bonchev–Trinajstić information content (AvgIpc) is 3.43. The maximum Gasteiger partial charge on any atom is 0.338 e. The maximum atomic E-state index is 12.6. The predicted molar refractivity (Wildman–Crippen MR) is 110 cm³/mol. The molecule has 162 valence electrons. The monoisotopic (exact) mass is 414 g/mol. The highest BCUT2D eigenvalue weighted by atomic mass is 16.7. The molecule has 30 heavy (non-hydrogen) atoms. The van der Waals surface area contributed by atoms with Gasteiger partial charge in [-0.2, -0.15) is 0 Å². The molecule has 0 bridgehead atoms. The molecule has 1 aromatic carbocycles. The first-order valence-electron chi connectivity index (χ1n) is 11.0.